The fourth-order valence-electron chi connectivity index (χ4n) is 2.52. The summed E-state index contributed by atoms with van der Waals surface area (Å²) in [5.74, 6) is 1.60. The zero-order chi connectivity index (χ0) is 16.8. The van der Waals surface area contributed by atoms with Crippen molar-refractivity contribution in [3.05, 3.63) is 11.6 Å². The molecule has 0 aromatic heterocycles. The Kier molecular flexibility index (Phi) is 13.3. The molecular weight excluding hydrogens is 272 g/mol. The van der Waals surface area contributed by atoms with Crippen LogP contribution in [-0.2, 0) is 9.53 Å². The Labute approximate surface area is 138 Å². The van der Waals surface area contributed by atoms with Crippen LogP contribution in [0.3, 0.4) is 0 Å². The van der Waals surface area contributed by atoms with E-state index in [9.17, 15) is 4.79 Å². The molecule has 0 fully saturated rings. The summed E-state index contributed by atoms with van der Waals surface area (Å²) >= 11 is 0. The predicted molar refractivity (Wildman–Crippen MR) is 95.9 cm³/mol. The van der Waals surface area contributed by atoms with Gasteiger partial charge in [-0.25, -0.2) is 0 Å². The van der Waals surface area contributed by atoms with Gasteiger partial charge in [-0.1, -0.05) is 65.4 Å². The summed E-state index contributed by atoms with van der Waals surface area (Å²) in [6, 6.07) is 0. The highest BCUT2D eigenvalue weighted by Gasteiger charge is 2.04. The number of carbonyl (C=O) groups excluding carboxylic acids is 1. The molecule has 0 aliphatic heterocycles. The van der Waals surface area contributed by atoms with Crippen LogP contribution < -0.4 is 0 Å². The Balaban J connectivity index is 3.64. The molecule has 0 rings (SSSR count). The molecular formula is C20H38O2. The third-order valence-electron chi connectivity index (χ3n) is 4.16. The van der Waals surface area contributed by atoms with Crippen LogP contribution in [0.1, 0.15) is 92.4 Å². The Morgan fingerprint density at radius 3 is 2.32 bits per heavy atom. The van der Waals surface area contributed by atoms with E-state index in [0.29, 0.717) is 13.0 Å². The van der Waals surface area contributed by atoms with E-state index in [-0.39, 0.29) is 5.97 Å². The zero-order valence-electron chi connectivity index (χ0n) is 15.6. The number of rotatable bonds is 13. The highest BCUT2D eigenvalue weighted by atomic mass is 16.5. The van der Waals surface area contributed by atoms with Crippen LogP contribution in [-0.4, -0.2) is 12.6 Å². The van der Waals surface area contributed by atoms with Crippen molar-refractivity contribution in [3.63, 3.8) is 0 Å². The lowest BCUT2D eigenvalue weighted by atomic mass is 9.94. The maximum absolute atomic E-state index is 11.4. The first-order valence-corrected chi connectivity index (χ1v) is 9.26. The van der Waals surface area contributed by atoms with E-state index in [1.54, 1.807) is 0 Å². The summed E-state index contributed by atoms with van der Waals surface area (Å²) < 4.78 is 5.20. The molecule has 0 N–H and O–H groups in total. The molecule has 0 bridgehead atoms. The van der Waals surface area contributed by atoms with Crippen molar-refractivity contribution in [2.24, 2.45) is 11.8 Å². The molecule has 130 valence electrons. The topological polar surface area (TPSA) is 26.3 Å². The second kappa shape index (κ2) is 13.8. The molecule has 2 nitrogen and oxygen atoms in total. The normalized spacial score (nSPS) is 13.5. The SMILES string of the molecule is CCCCC(=O)OC/C=C(\C)CCCC(C)CCCC(C)C. The van der Waals surface area contributed by atoms with Crippen LogP contribution in [0.15, 0.2) is 11.6 Å². The fraction of sp³-hybridized carbons (Fsp3) is 0.850. The van der Waals surface area contributed by atoms with Gasteiger partial charge in [0.25, 0.3) is 0 Å². The number of allylic oxidation sites excluding steroid dienone is 1. The fourth-order valence-corrected chi connectivity index (χ4v) is 2.52. The van der Waals surface area contributed by atoms with Gasteiger partial charge >= 0.3 is 5.97 Å². The van der Waals surface area contributed by atoms with Crippen LogP contribution in [0.2, 0.25) is 0 Å². The van der Waals surface area contributed by atoms with Crippen LogP contribution in [0, 0.1) is 11.8 Å². The summed E-state index contributed by atoms with van der Waals surface area (Å²) in [4.78, 5) is 11.4. The van der Waals surface area contributed by atoms with Crippen LogP contribution in [0.5, 0.6) is 0 Å². The van der Waals surface area contributed by atoms with Crippen molar-refractivity contribution >= 4 is 5.97 Å². The van der Waals surface area contributed by atoms with Gasteiger partial charge < -0.3 is 4.74 Å². The summed E-state index contributed by atoms with van der Waals surface area (Å²) in [5.41, 5.74) is 1.35. The van der Waals surface area contributed by atoms with Gasteiger partial charge in [-0.3, -0.25) is 4.79 Å². The van der Waals surface area contributed by atoms with Gasteiger partial charge in [-0.2, -0.15) is 0 Å². The second-order valence-electron chi connectivity index (χ2n) is 7.16. The highest BCUT2D eigenvalue weighted by Crippen LogP contribution is 2.19. The molecule has 0 radical (unpaired) electrons. The van der Waals surface area contributed by atoms with Gasteiger partial charge in [0.05, 0.1) is 0 Å². The van der Waals surface area contributed by atoms with E-state index in [4.69, 9.17) is 4.74 Å². The first-order chi connectivity index (χ1) is 10.5. The van der Waals surface area contributed by atoms with Crippen molar-refractivity contribution in [1.29, 1.82) is 0 Å². The average molecular weight is 311 g/mol. The van der Waals surface area contributed by atoms with E-state index < -0.39 is 0 Å². The van der Waals surface area contributed by atoms with Crippen LogP contribution >= 0.6 is 0 Å². The Morgan fingerprint density at radius 2 is 1.68 bits per heavy atom. The third kappa shape index (κ3) is 14.2. The van der Waals surface area contributed by atoms with E-state index in [1.165, 1.54) is 37.7 Å². The zero-order valence-corrected chi connectivity index (χ0v) is 15.6. The number of hydrogen-bond acceptors (Lipinski definition) is 2. The highest BCUT2D eigenvalue weighted by molar-refractivity contribution is 5.69. The first kappa shape index (κ1) is 21.2. The lowest BCUT2D eigenvalue weighted by Gasteiger charge is -2.12. The van der Waals surface area contributed by atoms with E-state index in [1.807, 2.05) is 0 Å². The Hall–Kier alpha value is -0.790. The van der Waals surface area contributed by atoms with Gasteiger partial charge in [0.2, 0.25) is 0 Å². The molecule has 0 saturated carbocycles. The molecule has 0 aromatic rings. The minimum Gasteiger partial charge on any atom is -0.461 e. The molecule has 0 aliphatic carbocycles. The van der Waals surface area contributed by atoms with Crippen LogP contribution in [0.4, 0.5) is 0 Å². The third-order valence-corrected chi connectivity index (χ3v) is 4.16. The number of carbonyl (C=O) groups is 1. The number of hydrogen-bond donors (Lipinski definition) is 0. The van der Waals surface area contributed by atoms with Crippen molar-refractivity contribution in [3.8, 4) is 0 Å². The van der Waals surface area contributed by atoms with Crippen molar-refractivity contribution in [2.45, 2.75) is 92.4 Å². The number of esters is 1. The quantitative estimate of drug-likeness (QED) is 0.295. The molecule has 22 heavy (non-hydrogen) atoms. The van der Waals surface area contributed by atoms with Crippen molar-refractivity contribution in [1.82, 2.24) is 0 Å². The van der Waals surface area contributed by atoms with E-state index >= 15 is 0 Å². The van der Waals surface area contributed by atoms with E-state index in [0.717, 1.165) is 31.1 Å². The van der Waals surface area contributed by atoms with Crippen LogP contribution in [0.25, 0.3) is 0 Å². The lowest BCUT2D eigenvalue weighted by molar-refractivity contribution is -0.142. The molecule has 0 amide bonds. The van der Waals surface area contributed by atoms with Gasteiger partial charge in [0, 0.05) is 6.42 Å². The molecule has 0 aliphatic rings. The van der Waals surface area contributed by atoms with E-state index in [2.05, 4.69) is 40.7 Å². The minimum atomic E-state index is -0.0651. The molecule has 0 spiro atoms. The number of unbranched alkanes of at least 4 members (excludes halogenated alkanes) is 1. The lowest BCUT2D eigenvalue weighted by Crippen LogP contribution is -2.04. The summed E-state index contributed by atoms with van der Waals surface area (Å²) in [5, 5.41) is 0. The largest absolute Gasteiger partial charge is 0.461 e. The van der Waals surface area contributed by atoms with Gasteiger partial charge in [0.15, 0.2) is 0 Å². The minimum absolute atomic E-state index is 0.0651. The molecule has 2 heteroatoms. The monoisotopic (exact) mass is 310 g/mol. The Morgan fingerprint density at radius 1 is 1.00 bits per heavy atom. The summed E-state index contributed by atoms with van der Waals surface area (Å²) in [6.07, 6.45) is 12.3. The van der Waals surface area contributed by atoms with Crippen molar-refractivity contribution < 1.29 is 9.53 Å². The molecule has 0 aromatic carbocycles. The maximum Gasteiger partial charge on any atom is 0.306 e. The summed E-state index contributed by atoms with van der Waals surface area (Å²) in [6.45, 7) is 11.6. The smallest absolute Gasteiger partial charge is 0.306 e. The predicted octanol–water partition coefficient (Wildman–Crippen LogP) is 6.30. The average Bonchev–Trinajstić information content (AvgIpc) is 2.44. The molecule has 1 atom stereocenters. The van der Waals surface area contributed by atoms with Gasteiger partial charge in [-0.15, -0.1) is 0 Å². The van der Waals surface area contributed by atoms with Gasteiger partial charge in [-0.05, 0) is 44.1 Å². The molecule has 0 heterocycles. The summed E-state index contributed by atoms with van der Waals surface area (Å²) in [7, 11) is 0. The standard InChI is InChI=1S/C20H38O2/c1-6-7-14-20(21)22-16-15-19(5)13-9-12-18(4)11-8-10-17(2)3/h15,17-18H,6-14,16H2,1-5H3/b19-15+. The molecule has 1 unspecified atom stereocenters. The first-order valence-electron chi connectivity index (χ1n) is 9.26. The second-order valence-corrected chi connectivity index (χ2v) is 7.16. The Bertz CT molecular complexity index is 305. The maximum atomic E-state index is 11.4. The van der Waals surface area contributed by atoms with Gasteiger partial charge in [0.1, 0.15) is 6.61 Å². The molecule has 0 saturated heterocycles. The van der Waals surface area contributed by atoms with Crippen molar-refractivity contribution in [2.75, 3.05) is 6.61 Å². The number of ether oxygens (including phenoxy) is 1.